The van der Waals surface area contributed by atoms with Crippen LogP contribution in [-0.4, -0.2) is 54.5 Å². The van der Waals surface area contributed by atoms with Crippen LogP contribution in [0.3, 0.4) is 0 Å². The van der Waals surface area contributed by atoms with E-state index in [1.165, 1.54) is 23.1 Å². The Balaban J connectivity index is 1.12. The summed E-state index contributed by atoms with van der Waals surface area (Å²) in [6.45, 7) is 5.97. The zero-order valence-corrected chi connectivity index (χ0v) is 17.3. The van der Waals surface area contributed by atoms with Crippen molar-refractivity contribution < 1.29 is 9.53 Å². The Bertz CT molecular complexity index is 1000. The van der Waals surface area contributed by atoms with Gasteiger partial charge in [-0.3, -0.25) is 4.90 Å². The van der Waals surface area contributed by atoms with Gasteiger partial charge >= 0.3 is 5.97 Å². The lowest BCUT2D eigenvalue weighted by Crippen LogP contribution is -2.52. The molecule has 5 rings (SSSR count). The molecule has 1 saturated heterocycles. The molecular weight excluding hydrogens is 374 g/mol. The molecule has 0 amide bonds. The number of carbonyl (C=O) groups excluding carboxylic acids is 1. The summed E-state index contributed by atoms with van der Waals surface area (Å²) in [4.78, 5) is 16.8. The normalized spacial score (nSPS) is 21.6. The van der Waals surface area contributed by atoms with Gasteiger partial charge in [-0.25, -0.2) is 4.79 Å². The number of rotatable bonds is 4. The number of aryl methyl sites for hydroxylation is 1. The van der Waals surface area contributed by atoms with Crippen LogP contribution in [0.5, 0.6) is 0 Å². The van der Waals surface area contributed by atoms with E-state index in [1.54, 1.807) is 0 Å². The SMILES string of the molecule is N#Cc1ccc2c(c1)CCC(N1CCN(CCc3ccc4c(c3)COC4=O)CC1)C2. The Morgan fingerprint density at radius 2 is 1.90 bits per heavy atom. The van der Waals surface area contributed by atoms with Crippen LogP contribution in [0, 0.1) is 11.3 Å². The summed E-state index contributed by atoms with van der Waals surface area (Å²) >= 11 is 0. The molecule has 154 valence electrons. The van der Waals surface area contributed by atoms with Crippen molar-refractivity contribution in [1.29, 1.82) is 5.26 Å². The Hall–Kier alpha value is -2.68. The van der Waals surface area contributed by atoms with Gasteiger partial charge in [0, 0.05) is 44.3 Å². The number of piperazine rings is 1. The van der Waals surface area contributed by atoms with Gasteiger partial charge in [0.1, 0.15) is 6.61 Å². The van der Waals surface area contributed by atoms with E-state index >= 15 is 0 Å². The molecule has 2 aliphatic heterocycles. The number of ether oxygens (including phenoxy) is 1. The summed E-state index contributed by atoms with van der Waals surface area (Å²) in [7, 11) is 0. The van der Waals surface area contributed by atoms with Gasteiger partial charge in [0.2, 0.25) is 0 Å². The van der Waals surface area contributed by atoms with Crippen LogP contribution in [0.15, 0.2) is 36.4 Å². The first-order valence-electron chi connectivity index (χ1n) is 11.0. The predicted molar refractivity (Wildman–Crippen MR) is 114 cm³/mol. The van der Waals surface area contributed by atoms with Crippen molar-refractivity contribution in [3.05, 3.63) is 69.8 Å². The van der Waals surface area contributed by atoms with Gasteiger partial charge in [0.25, 0.3) is 0 Å². The highest BCUT2D eigenvalue weighted by Crippen LogP contribution is 2.26. The van der Waals surface area contributed by atoms with Crippen molar-refractivity contribution in [3.63, 3.8) is 0 Å². The summed E-state index contributed by atoms with van der Waals surface area (Å²) in [5, 5.41) is 9.11. The highest BCUT2D eigenvalue weighted by molar-refractivity contribution is 5.93. The minimum absolute atomic E-state index is 0.191. The third kappa shape index (κ3) is 3.86. The van der Waals surface area contributed by atoms with Crippen LogP contribution in [0.4, 0.5) is 0 Å². The van der Waals surface area contributed by atoms with E-state index in [9.17, 15) is 4.79 Å². The van der Waals surface area contributed by atoms with E-state index in [0.29, 0.717) is 12.6 Å². The predicted octanol–water partition coefficient (Wildman–Crippen LogP) is 2.95. The van der Waals surface area contributed by atoms with Crippen molar-refractivity contribution in [3.8, 4) is 6.07 Å². The molecule has 0 spiro atoms. The van der Waals surface area contributed by atoms with Crippen molar-refractivity contribution in [2.45, 2.75) is 38.3 Å². The number of esters is 1. The molecule has 1 fully saturated rings. The second kappa shape index (κ2) is 8.22. The topological polar surface area (TPSA) is 56.6 Å². The fourth-order valence-electron chi connectivity index (χ4n) is 5.10. The molecule has 1 unspecified atom stereocenters. The van der Waals surface area contributed by atoms with Gasteiger partial charge in [-0.15, -0.1) is 0 Å². The van der Waals surface area contributed by atoms with Gasteiger partial charge in [-0.2, -0.15) is 5.26 Å². The molecule has 5 nitrogen and oxygen atoms in total. The molecule has 5 heteroatoms. The molecule has 3 aliphatic rings. The van der Waals surface area contributed by atoms with Gasteiger partial charge in [0.15, 0.2) is 0 Å². The lowest BCUT2D eigenvalue weighted by molar-refractivity contribution is 0.0535. The summed E-state index contributed by atoms with van der Waals surface area (Å²) in [5.41, 5.74) is 6.61. The van der Waals surface area contributed by atoms with E-state index in [1.807, 2.05) is 12.1 Å². The average Bonchev–Trinajstić information content (AvgIpc) is 3.17. The maximum atomic E-state index is 11.6. The maximum absolute atomic E-state index is 11.6. The number of fused-ring (bicyclic) bond motifs is 2. The van der Waals surface area contributed by atoms with Gasteiger partial charge < -0.3 is 9.64 Å². The highest BCUT2D eigenvalue weighted by Gasteiger charge is 2.27. The zero-order chi connectivity index (χ0) is 20.5. The van der Waals surface area contributed by atoms with Crippen molar-refractivity contribution >= 4 is 5.97 Å². The molecule has 0 bridgehead atoms. The molecule has 2 aromatic carbocycles. The molecule has 0 N–H and O–H groups in total. The molecule has 30 heavy (non-hydrogen) atoms. The zero-order valence-electron chi connectivity index (χ0n) is 17.3. The first-order valence-corrected chi connectivity index (χ1v) is 11.0. The summed E-state index contributed by atoms with van der Waals surface area (Å²) in [6, 6.07) is 15.2. The largest absolute Gasteiger partial charge is 0.457 e. The van der Waals surface area contributed by atoms with E-state index in [-0.39, 0.29) is 5.97 Å². The Morgan fingerprint density at radius 3 is 2.73 bits per heavy atom. The number of hydrogen-bond donors (Lipinski definition) is 0. The summed E-state index contributed by atoms with van der Waals surface area (Å²) in [6.07, 6.45) is 4.40. The van der Waals surface area contributed by atoms with Crippen LogP contribution in [0.25, 0.3) is 0 Å². The molecule has 2 aromatic rings. The summed E-state index contributed by atoms with van der Waals surface area (Å²) in [5.74, 6) is -0.191. The fourth-order valence-corrected chi connectivity index (χ4v) is 5.10. The number of benzene rings is 2. The van der Waals surface area contributed by atoms with Gasteiger partial charge in [-0.1, -0.05) is 18.2 Å². The molecule has 1 aliphatic carbocycles. The van der Waals surface area contributed by atoms with Crippen LogP contribution < -0.4 is 0 Å². The molecular formula is C25H27N3O2. The average molecular weight is 402 g/mol. The van der Waals surface area contributed by atoms with Crippen LogP contribution in [0.2, 0.25) is 0 Å². The standard InChI is InChI=1S/C25H27N3O2/c26-16-19-1-3-21-15-23(5-4-20(21)14-19)28-11-9-27(10-12-28)8-7-18-2-6-24-22(13-18)17-30-25(24)29/h1-3,6,13-14,23H,4-5,7-12,15,17H2. The minimum atomic E-state index is -0.191. The molecule has 0 aromatic heterocycles. The number of cyclic esters (lactones) is 1. The number of carbonyl (C=O) groups is 1. The third-order valence-electron chi connectivity index (χ3n) is 6.93. The molecule has 1 atom stereocenters. The van der Waals surface area contributed by atoms with E-state index in [4.69, 9.17) is 10.00 Å². The smallest absolute Gasteiger partial charge is 0.338 e. The lowest BCUT2D eigenvalue weighted by Gasteiger charge is -2.41. The Kier molecular flexibility index (Phi) is 5.28. The molecule has 0 radical (unpaired) electrons. The molecule has 0 saturated carbocycles. The van der Waals surface area contributed by atoms with E-state index in [0.717, 1.165) is 68.7 Å². The second-order valence-corrected chi connectivity index (χ2v) is 8.69. The summed E-state index contributed by atoms with van der Waals surface area (Å²) < 4.78 is 5.11. The lowest BCUT2D eigenvalue weighted by atomic mass is 9.86. The maximum Gasteiger partial charge on any atom is 0.338 e. The third-order valence-corrected chi connectivity index (χ3v) is 6.93. The minimum Gasteiger partial charge on any atom is -0.457 e. The quantitative estimate of drug-likeness (QED) is 0.738. The van der Waals surface area contributed by atoms with Crippen LogP contribution in [0.1, 0.15) is 44.6 Å². The van der Waals surface area contributed by atoms with Gasteiger partial charge in [0.05, 0.1) is 17.2 Å². The van der Waals surface area contributed by atoms with Crippen LogP contribution in [-0.2, 0) is 30.6 Å². The first kappa shape index (κ1) is 19.3. The number of hydrogen-bond acceptors (Lipinski definition) is 5. The highest BCUT2D eigenvalue weighted by atomic mass is 16.5. The van der Waals surface area contributed by atoms with Crippen molar-refractivity contribution in [2.75, 3.05) is 32.7 Å². The number of nitriles is 1. The van der Waals surface area contributed by atoms with Crippen molar-refractivity contribution in [2.24, 2.45) is 0 Å². The first-order chi connectivity index (χ1) is 14.7. The Morgan fingerprint density at radius 1 is 1.03 bits per heavy atom. The second-order valence-electron chi connectivity index (χ2n) is 8.69. The van der Waals surface area contributed by atoms with E-state index < -0.39 is 0 Å². The van der Waals surface area contributed by atoms with E-state index in [2.05, 4.69) is 40.1 Å². The van der Waals surface area contributed by atoms with Gasteiger partial charge in [-0.05, 0) is 60.6 Å². The Labute approximate surface area is 177 Å². The fraction of sp³-hybridized carbons (Fsp3) is 0.440. The monoisotopic (exact) mass is 401 g/mol. The number of nitrogens with zero attached hydrogens (tertiary/aromatic N) is 3. The van der Waals surface area contributed by atoms with Crippen LogP contribution >= 0.6 is 0 Å². The molecule has 2 heterocycles. The van der Waals surface area contributed by atoms with Crippen molar-refractivity contribution in [1.82, 2.24) is 9.80 Å².